The third kappa shape index (κ3) is 2.32. The van der Waals surface area contributed by atoms with Gasteiger partial charge in [0.25, 0.3) is 0 Å². The van der Waals surface area contributed by atoms with Crippen LogP contribution < -0.4 is 5.73 Å². The third-order valence-corrected chi connectivity index (χ3v) is 3.99. The molecule has 2 aliphatic rings. The molecule has 3 unspecified atom stereocenters. The maximum absolute atomic E-state index is 12.4. The maximum atomic E-state index is 12.4. The van der Waals surface area contributed by atoms with Crippen molar-refractivity contribution in [3.8, 4) is 0 Å². The molecule has 1 saturated heterocycles. The smallest absolute Gasteiger partial charge is 0.242 e. The van der Waals surface area contributed by atoms with Gasteiger partial charge in [0.2, 0.25) is 5.91 Å². The van der Waals surface area contributed by atoms with Crippen molar-refractivity contribution >= 4 is 5.91 Å². The Hall–Kier alpha value is -0.650. The monoisotopic (exact) mass is 242 g/mol. The molecule has 0 aromatic carbocycles. The fraction of sp³-hybridized carbons (Fsp3) is 0.917. The second-order valence-corrected chi connectivity index (χ2v) is 5.32. The van der Waals surface area contributed by atoms with Gasteiger partial charge in [-0.2, -0.15) is 0 Å². The number of carbonyl (C=O) groups is 1. The third-order valence-electron chi connectivity index (χ3n) is 3.99. The summed E-state index contributed by atoms with van der Waals surface area (Å²) in [6.07, 6.45) is 2.04. The van der Waals surface area contributed by atoms with E-state index in [4.69, 9.17) is 15.2 Å². The number of ether oxygens (including phenoxy) is 2. The highest BCUT2D eigenvalue weighted by atomic mass is 16.5. The van der Waals surface area contributed by atoms with Crippen LogP contribution in [0.25, 0.3) is 0 Å². The molecule has 0 bridgehead atoms. The molecule has 1 amide bonds. The summed E-state index contributed by atoms with van der Waals surface area (Å²) < 4.78 is 10.6. The number of carbonyl (C=O) groups excluding carboxylic acids is 1. The average molecular weight is 242 g/mol. The molecule has 2 N–H and O–H groups in total. The van der Waals surface area contributed by atoms with Crippen molar-refractivity contribution in [1.82, 2.24) is 4.90 Å². The number of likely N-dealkylation sites (tertiary alicyclic amines) is 1. The lowest BCUT2D eigenvalue weighted by molar-refractivity contribution is -0.136. The van der Waals surface area contributed by atoms with Gasteiger partial charge in [0, 0.05) is 27.3 Å². The Kier molecular flexibility index (Phi) is 3.43. The zero-order chi connectivity index (χ0) is 12.6. The predicted octanol–water partition coefficient (Wildman–Crippen LogP) is -0.0140. The van der Waals surface area contributed by atoms with Crippen LogP contribution in [-0.2, 0) is 14.3 Å². The van der Waals surface area contributed by atoms with Gasteiger partial charge in [-0.1, -0.05) is 0 Å². The summed E-state index contributed by atoms with van der Waals surface area (Å²) in [5, 5.41) is 0. The first kappa shape index (κ1) is 12.8. The topological polar surface area (TPSA) is 64.8 Å². The maximum Gasteiger partial charge on any atom is 0.242 e. The first-order valence-electron chi connectivity index (χ1n) is 6.14. The Morgan fingerprint density at radius 2 is 1.71 bits per heavy atom. The summed E-state index contributed by atoms with van der Waals surface area (Å²) in [5.74, 6) is 0.374. The Morgan fingerprint density at radius 1 is 1.24 bits per heavy atom. The van der Waals surface area contributed by atoms with Crippen LogP contribution in [0.15, 0.2) is 0 Å². The molecule has 1 aliphatic carbocycles. The second-order valence-electron chi connectivity index (χ2n) is 5.32. The van der Waals surface area contributed by atoms with Crippen molar-refractivity contribution in [2.24, 2.45) is 11.7 Å². The molecular weight excluding hydrogens is 220 g/mol. The van der Waals surface area contributed by atoms with E-state index in [9.17, 15) is 4.79 Å². The quantitative estimate of drug-likeness (QED) is 0.753. The van der Waals surface area contributed by atoms with Gasteiger partial charge < -0.3 is 20.1 Å². The van der Waals surface area contributed by atoms with Crippen LogP contribution in [0, 0.1) is 5.92 Å². The number of nitrogens with zero attached hydrogens (tertiary/aromatic N) is 1. The van der Waals surface area contributed by atoms with E-state index in [-0.39, 0.29) is 18.1 Å². The van der Waals surface area contributed by atoms with E-state index in [0.29, 0.717) is 19.0 Å². The van der Waals surface area contributed by atoms with Gasteiger partial charge >= 0.3 is 0 Å². The fourth-order valence-electron chi connectivity index (χ4n) is 2.56. The van der Waals surface area contributed by atoms with E-state index in [1.54, 1.807) is 19.1 Å². The molecule has 1 saturated carbocycles. The molecule has 17 heavy (non-hydrogen) atoms. The molecule has 0 radical (unpaired) electrons. The van der Waals surface area contributed by atoms with Crippen molar-refractivity contribution in [3.63, 3.8) is 0 Å². The minimum Gasteiger partial charge on any atom is -0.377 e. The van der Waals surface area contributed by atoms with Gasteiger partial charge in [-0.05, 0) is 25.7 Å². The fourth-order valence-corrected chi connectivity index (χ4v) is 2.56. The molecule has 5 nitrogen and oxygen atoms in total. The molecule has 5 heteroatoms. The molecule has 0 spiro atoms. The van der Waals surface area contributed by atoms with Crippen LogP contribution in [0.3, 0.4) is 0 Å². The summed E-state index contributed by atoms with van der Waals surface area (Å²) in [4.78, 5) is 14.1. The van der Waals surface area contributed by atoms with Gasteiger partial charge in [-0.3, -0.25) is 4.79 Å². The zero-order valence-corrected chi connectivity index (χ0v) is 10.8. The Bertz CT molecular complexity index is 290. The molecule has 98 valence electrons. The van der Waals surface area contributed by atoms with Crippen molar-refractivity contribution in [3.05, 3.63) is 0 Å². The van der Waals surface area contributed by atoms with Crippen LogP contribution >= 0.6 is 0 Å². The normalized spacial score (nSPS) is 32.6. The first-order valence-corrected chi connectivity index (χ1v) is 6.14. The van der Waals surface area contributed by atoms with Crippen molar-refractivity contribution in [1.29, 1.82) is 0 Å². The predicted molar refractivity (Wildman–Crippen MR) is 63.5 cm³/mol. The van der Waals surface area contributed by atoms with E-state index in [1.165, 1.54) is 0 Å². The van der Waals surface area contributed by atoms with Crippen LogP contribution in [0.2, 0.25) is 0 Å². The summed E-state index contributed by atoms with van der Waals surface area (Å²) in [6.45, 7) is 3.00. The minimum absolute atomic E-state index is 0.0293. The summed E-state index contributed by atoms with van der Waals surface area (Å²) in [6, 6.07) is 0. The molecule has 2 fully saturated rings. The number of nitrogens with two attached hydrogens (primary N) is 1. The van der Waals surface area contributed by atoms with Crippen LogP contribution in [0.5, 0.6) is 0 Å². The standard InChI is InChI=1S/C12H22N2O3/c1-12(13,8-4-5-8)11(15)14-6-9(16-2)10(7-14)17-3/h8-10H,4-7,13H2,1-3H3. The summed E-state index contributed by atoms with van der Waals surface area (Å²) in [7, 11) is 3.29. The van der Waals surface area contributed by atoms with E-state index in [0.717, 1.165) is 12.8 Å². The van der Waals surface area contributed by atoms with Crippen molar-refractivity contribution in [2.75, 3.05) is 27.3 Å². The number of amides is 1. The lowest BCUT2D eigenvalue weighted by Gasteiger charge is -2.29. The summed E-state index contributed by atoms with van der Waals surface area (Å²) >= 11 is 0. The SMILES string of the molecule is COC1CN(C(=O)C(C)(N)C2CC2)CC1OC. The van der Waals surface area contributed by atoms with E-state index >= 15 is 0 Å². The Morgan fingerprint density at radius 3 is 2.06 bits per heavy atom. The highest BCUT2D eigenvalue weighted by Crippen LogP contribution is 2.39. The van der Waals surface area contributed by atoms with E-state index in [2.05, 4.69) is 0 Å². The molecular formula is C12H22N2O3. The highest BCUT2D eigenvalue weighted by molar-refractivity contribution is 5.86. The molecule has 0 aromatic rings. The van der Waals surface area contributed by atoms with E-state index in [1.807, 2.05) is 6.92 Å². The van der Waals surface area contributed by atoms with Crippen molar-refractivity contribution < 1.29 is 14.3 Å². The zero-order valence-electron chi connectivity index (χ0n) is 10.8. The van der Waals surface area contributed by atoms with Crippen molar-refractivity contribution in [2.45, 2.75) is 37.5 Å². The largest absolute Gasteiger partial charge is 0.377 e. The second kappa shape index (κ2) is 4.55. The van der Waals surface area contributed by atoms with Gasteiger partial charge in [0.05, 0.1) is 5.54 Å². The van der Waals surface area contributed by atoms with Gasteiger partial charge in [-0.15, -0.1) is 0 Å². The van der Waals surface area contributed by atoms with E-state index < -0.39 is 5.54 Å². The molecule has 1 aliphatic heterocycles. The highest BCUT2D eigenvalue weighted by Gasteiger charge is 2.48. The van der Waals surface area contributed by atoms with Crippen LogP contribution in [-0.4, -0.2) is 55.9 Å². The number of rotatable bonds is 4. The lowest BCUT2D eigenvalue weighted by atomic mass is 9.95. The molecule has 2 rings (SSSR count). The Labute approximate surface area is 102 Å². The Balaban J connectivity index is 2.01. The number of methoxy groups -OCH3 is 2. The molecule has 3 atom stereocenters. The van der Waals surface area contributed by atoms with Crippen LogP contribution in [0.4, 0.5) is 0 Å². The average Bonchev–Trinajstić information content (AvgIpc) is 3.08. The molecule has 1 heterocycles. The summed E-state index contributed by atoms with van der Waals surface area (Å²) in [5.41, 5.74) is 5.43. The van der Waals surface area contributed by atoms with Gasteiger partial charge in [-0.25, -0.2) is 0 Å². The molecule has 0 aromatic heterocycles. The first-order chi connectivity index (χ1) is 8.00. The minimum atomic E-state index is -0.721. The van der Waals surface area contributed by atoms with Gasteiger partial charge in [0.1, 0.15) is 12.2 Å². The lowest BCUT2D eigenvalue weighted by Crippen LogP contribution is -2.54. The van der Waals surface area contributed by atoms with Crippen LogP contribution in [0.1, 0.15) is 19.8 Å². The number of hydrogen-bond donors (Lipinski definition) is 1. The van der Waals surface area contributed by atoms with Gasteiger partial charge in [0.15, 0.2) is 0 Å². The number of hydrogen-bond acceptors (Lipinski definition) is 4.